The van der Waals surface area contributed by atoms with Crippen LogP contribution < -0.4 is 13.8 Å². The molecule has 0 atom stereocenters. The maximum atomic E-state index is 13.3. The summed E-state index contributed by atoms with van der Waals surface area (Å²) < 4.78 is 35.2. The van der Waals surface area contributed by atoms with Crippen LogP contribution in [0.25, 0.3) is 5.76 Å². The molecule has 3 aromatic carbocycles. The number of hydrogen-bond donors (Lipinski definition) is 0. The Morgan fingerprint density at radius 2 is 1.22 bits per heavy atom. The first-order valence-electron chi connectivity index (χ1n) is 8.20. The van der Waals surface area contributed by atoms with Crippen molar-refractivity contribution in [3.8, 4) is 17.2 Å². The van der Waals surface area contributed by atoms with E-state index in [2.05, 4.69) is 6.58 Å². The van der Waals surface area contributed by atoms with Gasteiger partial charge in [-0.2, -0.15) is 4.57 Å². The van der Waals surface area contributed by atoms with E-state index in [1.165, 1.54) is 0 Å². The second-order valence-corrected chi connectivity index (χ2v) is 6.94. The van der Waals surface area contributed by atoms with Crippen LogP contribution in [0.2, 0.25) is 0 Å². The highest BCUT2D eigenvalue weighted by molar-refractivity contribution is 7.49. The first-order valence-corrected chi connectivity index (χ1v) is 9.66. The van der Waals surface area contributed by atoms with Crippen molar-refractivity contribution in [1.82, 2.24) is 0 Å². The number of rotatable bonds is 8. The summed E-state index contributed by atoms with van der Waals surface area (Å²) in [7, 11) is -2.46. The molecule has 0 saturated carbocycles. The Balaban J connectivity index is 1.84. The first-order chi connectivity index (χ1) is 13.1. The van der Waals surface area contributed by atoms with E-state index in [0.29, 0.717) is 22.8 Å². The maximum Gasteiger partial charge on any atom is 0.647 e. The number of hydrogen-bond acceptors (Lipinski definition) is 5. The molecule has 0 aliphatic rings. The van der Waals surface area contributed by atoms with Crippen molar-refractivity contribution in [2.75, 3.05) is 7.11 Å². The van der Waals surface area contributed by atoms with Crippen molar-refractivity contribution in [3.63, 3.8) is 0 Å². The lowest BCUT2D eigenvalue weighted by Gasteiger charge is -2.20. The minimum atomic E-state index is -4.03. The van der Waals surface area contributed by atoms with Gasteiger partial charge in [0.15, 0.2) is 0 Å². The van der Waals surface area contributed by atoms with Crippen molar-refractivity contribution in [3.05, 3.63) is 97.1 Å². The summed E-state index contributed by atoms with van der Waals surface area (Å²) in [4.78, 5) is 0. The fourth-order valence-corrected chi connectivity index (χ4v) is 3.49. The average Bonchev–Trinajstić information content (AvgIpc) is 2.69. The van der Waals surface area contributed by atoms with Crippen LogP contribution in [0.15, 0.2) is 91.5 Å². The highest BCUT2D eigenvalue weighted by atomic mass is 31.2. The molecule has 0 unspecified atom stereocenters. The van der Waals surface area contributed by atoms with Crippen LogP contribution in [-0.4, -0.2) is 7.11 Å². The molecule has 0 radical (unpaired) electrons. The van der Waals surface area contributed by atoms with Crippen LogP contribution in [0.1, 0.15) is 5.56 Å². The SMILES string of the molecule is C=C(OP(=O)(Oc1ccccc1)Oc1ccccc1)c1ccc(OC)cc1. The second-order valence-electron chi connectivity index (χ2n) is 5.50. The van der Waals surface area contributed by atoms with Gasteiger partial charge in [-0.1, -0.05) is 43.0 Å². The van der Waals surface area contributed by atoms with Gasteiger partial charge in [0.25, 0.3) is 0 Å². The third-order valence-electron chi connectivity index (χ3n) is 3.55. The minimum absolute atomic E-state index is 0.160. The molecule has 0 aliphatic heterocycles. The Bertz CT molecular complexity index is 878. The quantitative estimate of drug-likeness (QED) is 0.356. The fraction of sp³-hybridized carbons (Fsp3) is 0.0476. The summed E-state index contributed by atoms with van der Waals surface area (Å²) >= 11 is 0. The highest BCUT2D eigenvalue weighted by Gasteiger charge is 2.33. The Morgan fingerprint density at radius 3 is 1.67 bits per heavy atom. The molecule has 0 aromatic heterocycles. The van der Waals surface area contributed by atoms with Crippen LogP contribution in [0.3, 0.4) is 0 Å². The van der Waals surface area contributed by atoms with E-state index in [-0.39, 0.29) is 5.76 Å². The molecule has 138 valence electrons. The van der Waals surface area contributed by atoms with Gasteiger partial charge in [0.05, 0.1) is 7.11 Å². The highest BCUT2D eigenvalue weighted by Crippen LogP contribution is 2.52. The summed E-state index contributed by atoms with van der Waals surface area (Å²) in [5.74, 6) is 1.57. The Hall–Kier alpha value is -3.17. The van der Waals surface area contributed by atoms with Crippen LogP contribution in [0, 0.1) is 0 Å². The van der Waals surface area contributed by atoms with Crippen molar-refractivity contribution in [1.29, 1.82) is 0 Å². The van der Waals surface area contributed by atoms with Crippen molar-refractivity contribution < 1.29 is 22.9 Å². The molecule has 27 heavy (non-hydrogen) atoms. The summed E-state index contributed by atoms with van der Waals surface area (Å²) in [5.41, 5.74) is 0.629. The van der Waals surface area contributed by atoms with Crippen molar-refractivity contribution in [2.24, 2.45) is 0 Å². The number of methoxy groups -OCH3 is 1. The topological polar surface area (TPSA) is 54.0 Å². The van der Waals surface area contributed by atoms with Crippen LogP contribution >= 0.6 is 7.82 Å². The monoisotopic (exact) mass is 382 g/mol. The van der Waals surface area contributed by atoms with Crippen molar-refractivity contribution >= 4 is 13.6 Å². The molecule has 0 spiro atoms. The molecule has 6 heteroatoms. The zero-order chi connectivity index (χ0) is 19.1. The lowest BCUT2D eigenvalue weighted by atomic mass is 10.2. The normalized spacial score (nSPS) is 10.7. The molecule has 0 saturated heterocycles. The van der Waals surface area contributed by atoms with Gasteiger partial charge >= 0.3 is 7.82 Å². The van der Waals surface area contributed by atoms with Crippen LogP contribution in [-0.2, 0) is 9.09 Å². The van der Waals surface area contributed by atoms with E-state index in [9.17, 15) is 4.57 Å². The van der Waals surface area contributed by atoms with Crippen molar-refractivity contribution in [2.45, 2.75) is 0 Å². The number of para-hydroxylation sites is 2. The van der Waals surface area contributed by atoms with Gasteiger partial charge in [0.2, 0.25) is 0 Å². The van der Waals surface area contributed by atoms with E-state index in [1.807, 2.05) is 12.1 Å². The predicted octanol–water partition coefficient (Wildman–Crippen LogP) is 5.95. The summed E-state index contributed by atoms with van der Waals surface area (Å²) in [6.07, 6.45) is 0. The van der Waals surface area contributed by atoms with E-state index in [0.717, 1.165) is 0 Å². The molecule has 3 aromatic rings. The molecule has 0 aliphatic carbocycles. The lowest BCUT2D eigenvalue weighted by Crippen LogP contribution is -2.04. The standard InChI is InChI=1S/C21H19O5P/c1-17(18-13-15-19(23-2)16-14-18)24-27(22,25-20-9-5-3-6-10-20)26-21-11-7-4-8-12-21/h3-16H,1H2,2H3. The Kier molecular flexibility index (Phi) is 5.84. The van der Waals surface area contributed by atoms with E-state index in [4.69, 9.17) is 18.3 Å². The zero-order valence-electron chi connectivity index (χ0n) is 14.8. The maximum absolute atomic E-state index is 13.3. The predicted molar refractivity (Wildman–Crippen MR) is 105 cm³/mol. The van der Waals surface area contributed by atoms with Crippen LogP contribution in [0.5, 0.6) is 17.2 Å². The van der Waals surface area contributed by atoms with Gasteiger partial charge in [0.1, 0.15) is 23.0 Å². The molecule has 3 rings (SSSR count). The number of phosphoric ester groups is 1. The minimum Gasteiger partial charge on any atom is -0.497 e. The summed E-state index contributed by atoms with van der Waals surface area (Å²) in [5, 5.41) is 0. The third-order valence-corrected chi connectivity index (χ3v) is 4.87. The lowest BCUT2D eigenvalue weighted by molar-refractivity contribution is 0.285. The summed E-state index contributed by atoms with van der Waals surface area (Å²) in [6.45, 7) is 3.85. The largest absolute Gasteiger partial charge is 0.647 e. The Labute approximate surface area is 158 Å². The van der Waals surface area contributed by atoms with E-state index < -0.39 is 7.82 Å². The third kappa shape index (κ3) is 5.16. The van der Waals surface area contributed by atoms with Gasteiger partial charge in [-0.05, 0) is 48.5 Å². The van der Waals surface area contributed by atoms with Gasteiger partial charge in [-0.25, -0.2) is 0 Å². The number of ether oxygens (including phenoxy) is 1. The average molecular weight is 382 g/mol. The van der Waals surface area contributed by atoms with Gasteiger partial charge < -0.3 is 18.3 Å². The fourth-order valence-electron chi connectivity index (χ4n) is 2.24. The first kappa shape index (κ1) is 18.6. The number of phosphoric acid groups is 1. The smallest absolute Gasteiger partial charge is 0.497 e. The van der Waals surface area contributed by atoms with E-state index in [1.54, 1.807) is 79.9 Å². The molecule has 0 bridgehead atoms. The van der Waals surface area contributed by atoms with Gasteiger partial charge in [-0.15, -0.1) is 0 Å². The van der Waals surface area contributed by atoms with E-state index >= 15 is 0 Å². The zero-order valence-corrected chi connectivity index (χ0v) is 15.7. The molecular weight excluding hydrogens is 363 g/mol. The summed E-state index contributed by atoms with van der Waals surface area (Å²) in [6, 6.07) is 24.4. The molecule has 0 N–H and O–H groups in total. The molecule has 0 heterocycles. The second kappa shape index (κ2) is 8.47. The molecular formula is C21H19O5P. The Morgan fingerprint density at radius 1 is 0.741 bits per heavy atom. The van der Waals surface area contributed by atoms with Gasteiger partial charge in [-0.3, -0.25) is 0 Å². The number of benzene rings is 3. The molecule has 0 amide bonds. The van der Waals surface area contributed by atoms with Crippen LogP contribution in [0.4, 0.5) is 0 Å². The molecule has 0 fully saturated rings. The molecule has 5 nitrogen and oxygen atoms in total. The van der Waals surface area contributed by atoms with Gasteiger partial charge in [0, 0.05) is 5.56 Å².